The number of ether oxygens (including phenoxy) is 1. The molecule has 1 aromatic carbocycles. The topological polar surface area (TPSA) is 81.4 Å². The summed E-state index contributed by atoms with van der Waals surface area (Å²) in [7, 11) is -2.09. The molecule has 0 radical (unpaired) electrons. The number of nitrogens with one attached hydrogen (secondary N) is 1. The number of anilines is 1. The highest BCUT2D eigenvalue weighted by Gasteiger charge is 2.19. The van der Waals surface area contributed by atoms with Crippen LogP contribution in [0.3, 0.4) is 0 Å². The molecule has 0 saturated carbocycles. The fourth-order valence-electron chi connectivity index (χ4n) is 1.58. The van der Waals surface area contributed by atoms with E-state index in [1.807, 2.05) is 13.2 Å². The van der Waals surface area contributed by atoms with Crippen LogP contribution in [0.15, 0.2) is 23.1 Å². The van der Waals surface area contributed by atoms with Crippen LogP contribution in [0, 0.1) is 0 Å². The van der Waals surface area contributed by atoms with Crippen LogP contribution in [-0.4, -0.2) is 33.6 Å². The molecule has 0 aliphatic carbocycles. The van der Waals surface area contributed by atoms with Gasteiger partial charge in [0.25, 0.3) is 0 Å². The highest BCUT2D eigenvalue weighted by molar-refractivity contribution is 7.98. The van der Waals surface area contributed by atoms with Gasteiger partial charge in [0.15, 0.2) is 0 Å². The molecule has 0 heterocycles. The molecule has 1 rings (SSSR count). The molecule has 7 heteroatoms. The molecule has 5 nitrogen and oxygen atoms in total. The lowest BCUT2D eigenvalue weighted by molar-refractivity contribution is 0.415. The Morgan fingerprint density at radius 3 is 2.68 bits per heavy atom. The molecule has 1 atom stereocenters. The van der Waals surface area contributed by atoms with Gasteiger partial charge in [-0.05, 0) is 24.8 Å². The van der Waals surface area contributed by atoms with Crippen molar-refractivity contribution in [3.8, 4) is 5.75 Å². The van der Waals surface area contributed by atoms with E-state index in [1.54, 1.807) is 11.8 Å². The number of nitrogens with two attached hydrogens (primary N) is 1. The first-order valence-electron chi connectivity index (χ1n) is 5.89. The van der Waals surface area contributed by atoms with Gasteiger partial charge in [0.1, 0.15) is 5.75 Å². The fourth-order valence-corrected chi connectivity index (χ4v) is 3.74. The monoisotopic (exact) mass is 304 g/mol. The second kappa shape index (κ2) is 7.02. The molecule has 3 N–H and O–H groups in total. The molecular formula is C12H20N2O3S2. The predicted molar refractivity (Wildman–Crippen MR) is 80.2 cm³/mol. The standard InChI is InChI=1S/C12H20N2O3S2/c1-4-9(8-18-3)14-19(15,16)10-5-6-11(13)12(7-10)17-2/h5-7,9,14H,4,8,13H2,1-3H3. The largest absolute Gasteiger partial charge is 0.495 e. The fraction of sp³-hybridized carbons (Fsp3) is 0.500. The van der Waals surface area contributed by atoms with E-state index in [4.69, 9.17) is 10.5 Å². The zero-order valence-corrected chi connectivity index (χ0v) is 13.0. The van der Waals surface area contributed by atoms with Gasteiger partial charge in [0.2, 0.25) is 10.0 Å². The summed E-state index contributed by atoms with van der Waals surface area (Å²) in [4.78, 5) is 0.165. The number of methoxy groups -OCH3 is 1. The third-order valence-electron chi connectivity index (χ3n) is 2.70. The van der Waals surface area contributed by atoms with Gasteiger partial charge in [-0.1, -0.05) is 6.92 Å². The summed E-state index contributed by atoms with van der Waals surface area (Å²) < 4.78 is 32.2. The third-order valence-corrected chi connectivity index (χ3v) is 4.95. The van der Waals surface area contributed by atoms with Crippen LogP contribution in [0.4, 0.5) is 5.69 Å². The molecule has 1 unspecified atom stereocenters. The van der Waals surface area contributed by atoms with Crippen LogP contribution in [0.2, 0.25) is 0 Å². The van der Waals surface area contributed by atoms with E-state index < -0.39 is 10.0 Å². The summed E-state index contributed by atoms with van der Waals surface area (Å²) in [6.07, 6.45) is 2.69. The lowest BCUT2D eigenvalue weighted by Crippen LogP contribution is -2.36. The van der Waals surface area contributed by atoms with Crippen molar-refractivity contribution in [1.29, 1.82) is 0 Å². The van der Waals surface area contributed by atoms with Crippen molar-refractivity contribution in [2.45, 2.75) is 24.3 Å². The minimum atomic E-state index is -3.54. The van der Waals surface area contributed by atoms with Gasteiger partial charge >= 0.3 is 0 Å². The molecule has 0 spiro atoms. The Hall–Kier alpha value is -0.920. The highest BCUT2D eigenvalue weighted by atomic mass is 32.2. The summed E-state index contributed by atoms with van der Waals surface area (Å²) in [5, 5.41) is 0. The molecule has 0 bridgehead atoms. The van der Waals surface area contributed by atoms with Crippen molar-refractivity contribution < 1.29 is 13.2 Å². The number of nitrogen functional groups attached to an aromatic ring is 1. The van der Waals surface area contributed by atoms with E-state index in [2.05, 4.69) is 4.72 Å². The van der Waals surface area contributed by atoms with Gasteiger partial charge in [0.05, 0.1) is 17.7 Å². The Morgan fingerprint density at radius 1 is 1.47 bits per heavy atom. The molecule has 0 aliphatic heterocycles. The third kappa shape index (κ3) is 4.29. The van der Waals surface area contributed by atoms with Crippen molar-refractivity contribution in [3.63, 3.8) is 0 Å². The Labute approximate surface area is 119 Å². The van der Waals surface area contributed by atoms with Crippen molar-refractivity contribution in [2.75, 3.05) is 24.9 Å². The summed E-state index contributed by atoms with van der Waals surface area (Å²) in [6.45, 7) is 1.95. The number of hydrogen-bond acceptors (Lipinski definition) is 5. The van der Waals surface area contributed by atoms with Crippen LogP contribution < -0.4 is 15.2 Å². The second-order valence-electron chi connectivity index (χ2n) is 4.09. The van der Waals surface area contributed by atoms with E-state index in [9.17, 15) is 8.42 Å². The molecular weight excluding hydrogens is 284 g/mol. The van der Waals surface area contributed by atoms with Crippen LogP contribution >= 0.6 is 11.8 Å². The molecule has 0 aliphatic rings. The van der Waals surface area contributed by atoms with E-state index in [-0.39, 0.29) is 10.9 Å². The quantitative estimate of drug-likeness (QED) is 0.749. The lowest BCUT2D eigenvalue weighted by Gasteiger charge is -2.16. The van der Waals surface area contributed by atoms with E-state index in [0.29, 0.717) is 11.4 Å². The van der Waals surface area contributed by atoms with Gasteiger partial charge in [-0.15, -0.1) is 0 Å². The summed E-state index contributed by atoms with van der Waals surface area (Å²) >= 11 is 1.61. The summed E-state index contributed by atoms with van der Waals surface area (Å²) in [6, 6.07) is 4.36. The first kappa shape index (κ1) is 16.1. The molecule has 1 aromatic rings. The molecule has 0 fully saturated rings. The normalized spacial score (nSPS) is 13.2. The smallest absolute Gasteiger partial charge is 0.240 e. The zero-order valence-electron chi connectivity index (χ0n) is 11.3. The van der Waals surface area contributed by atoms with Crippen LogP contribution in [-0.2, 0) is 10.0 Å². The van der Waals surface area contributed by atoms with Gasteiger partial charge < -0.3 is 10.5 Å². The average Bonchev–Trinajstić information content (AvgIpc) is 2.38. The Morgan fingerprint density at radius 2 is 2.16 bits per heavy atom. The lowest BCUT2D eigenvalue weighted by atomic mass is 10.3. The van der Waals surface area contributed by atoms with Gasteiger partial charge in [-0.2, -0.15) is 11.8 Å². The number of benzene rings is 1. The number of hydrogen-bond donors (Lipinski definition) is 2. The van der Waals surface area contributed by atoms with Crippen LogP contribution in [0.5, 0.6) is 5.75 Å². The predicted octanol–water partition coefficient (Wildman–Crippen LogP) is 1.70. The average molecular weight is 304 g/mol. The minimum absolute atomic E-state index is 0.0800. The Kier molecular flexibility index (Phi) is 5.96. The highest BCUT2D eigenvalue weighted by Crippen LogP contribution is 2.24. The maximum absolute atomic E-state index is 12.2. The number of rotatable bonds is 7. The second-order valence-corrected chi connectivity index (χ2v) is 6.71. The molecule has 0 saturated heterocycles. The maximum atomic E-state index is 12.2. The summed E-state index contributed by atoms with van der Waals surface area (Å²) in [5.41, 5.74) is 6.09. The van der Waals surface area contributed by atoms with Crippen LogP contribution in [0.25, 0.3) is 0 Å². The molecule has 19 heavy (non-hydrogen) atoms. The summed E-state index contributed by atoms with van der Waals surface area (Å²) in [5.74, 6) is 1.10. The van der Waals surface area contributed by atoms with Gasteiger partial charge in [-0.25, -0.2) is 13.1 Å². The molecule has 0 amide bonds. The zero-order chi connectivity index (χ0) is 14.5. The van der Waals surface area contributed by atoms with Crippen molar-refractivity contribution in [3.05, 3.63) is 18.2 Å². The number of thioether (sulfide) groups is 1. The van der Waals surface area contributed by atoms with Crippen molar-refractivity contribution in [2.24, 2.45) is 0 Å². The van der Waals surface area contributed by atoms with Gasteiger partial charge in [-0.3, -0.25) is 0 Å². The van der Waals surface area contributed by atoms with E-state index in [0.717, 1.165) is 12.2 Å². The first-order chi connectivity index (χ1) is 8.94. The van der Waals surface area contributed by atoms with Crippen LogP contribution in [0.1, 0.15) is 13.3 Å². The SMILES string of the molecule is CCC(CSC)NS(=O)(=O)c1ccc(N)c(OC)c1. The molecule has 0 aromatic heterocycles. The van der Waals surface area contributed by atoms with Gasteiger partial charge in [0, 0.05) is 17.9 Å². The Balaban J connectivity index is 2.99. The van der Waals surface area contributed by atoms with Crippen molar-refractivity contribution in [1.82, 2.24) is 4.72 Å². The van der Waals surface area contributed by atoms with Crippen molar-refractivity contribution >= 4 is 27.5 Å². The number of sulfonamides is 1. The van der Waals surface area contributed by atoms with E-state index >= 15 is 0 Å². The first-order valence-corrected chi connectivity index (χ1v) is 8.77. The minimum Gasteiger partial charge on any atom is -0.495 e. The molecule has 108 valence electrons. The maximum Gasteiger partial charge on any atom is 0.240 e. The Bertz CT molecular complexity index is 518. The van der Waals surface area contributed by atoms with E-state index in [1.165, 1.54) is 25.3 Å².